The maximum absolute atomic E-state index is 11.6. The molecule has 2 aromatic heterocycles. The lowest BCUT2D eigenvalue weighted by Gasteiger charge is -2.12. The molecule has 0 amide bonds. The van der Waals surface area contributed by atoms with Crippen LogP contribution in [0.15, 0.2) is 34.7 Å². The molecule has 2 heterocycles. The number of hydrogen-bond acceptors (Lipinski definition) is 7. The number of esters is 1. The zero-order valence-electron chi connectivity index (χ0n) is 13.0. The minimum absolute atomic E-state index is 0.291. The Labute approximate surface area is 137 Å². The first-order valence-corrected chi connectivity index (χ1v) is 8.08. The molecule has 120 valence electrons. The Balaban J connectivity index is 1.62. The Kier molecular flexibility index (Phi) is 4.68. The number of para-hydroxylation sites is 1. The van der Waals surface area contributed by atoms with E-state index in [1.54, 1.807) is 6.92 Å². The molecule has 3 rings (SSSR count). The summed E-state index contributed by atoms with van der Waals surface area (Å²) in [6.07, 6.45) is 0. The number of fused-ring (bicyclic) bond motifs is 1. The molecule has 0 aliphatic rings. The van der Waals surface area contributed by atoms with E-state index in [1.165, 1.54) is 0 Å². The number of nitrogens with zero attached hydrogens (tertiary/aromatic N) is 3. The van der Waals surface area contributed by atoms with Crippen molar-refractivity contribution < 1.29 is 13.9 Å². The lowest BCUT2D eigenvalue weighted by molar-refractivity contribution is 0.0525. The standard InChI is InChI=1S/C16H17N3O3S/c1-3-21-16(20)15-17-14(18-23-15)10-19(2)9-12-8-11-6-4-5-7-13(11)22-12/h4-8H,3,9-10H2,1-2H3. The number of benzene rings is 1. The minimum Gasteiger partial charge on any atom is -0.461 e. The van der Waals surface area contributed by atoms with E-state index in [1.807, 2.05) is 42.3 Å². The summed E-state index contributed by atoms with van der Waals surface area (Å²) in [5.74, 6) is 1.07. The van der Waals surface area contributed by atoms with Crippen molar-refractivity contribution in [3.05, 3.63) is 46.9 Å². The van der Waals surface area contributed by atoms with Crippen LogP contribution in [0, 0.1) is 0 Å². The van der Waals surface area contributed by atoms with Gasteiger partial charge in [-0.1, -0.05) is 18.2 Å². The Morgan fingerprint density at radius 3 is 2.96 bits per heavy atom. The van der Waals surface area contributed by atoms with Crippen LogP contribution in [0.25, 0.3) is 11.0 Å². The second-order valence-corrected chi connectivity index (χ2v) is 5.91. The predicted octanol–water partition coefficient (Wildman–Crippen LogP) is 3.09. The lowest BCUT2D eigenvalue weighted by atomic mass is 10.2. The highest BCUT2D eigenvalue weighted by atomic mass is 32.1. The summed E-state index contributed by atoms with van der Waals surface area (Å²) in [7, 11) is 1.96. The molecule has 23 heavy (non-hydrogen) atoms. The van der Waals surface area contributed by atoms with Crippen molar-refractivity contribution in [1.29, 1.82) is 0 Å². The number of carbonyl (C=O) groups excluding carboxylic acids is 1. The summed E-state index contributed by atoms with van der Waals surface area (Å²) in [5, 5.41) is 1.38. The van der Waals surface area contributed by atoms with Crippen LogP contribution in [0.5, 0.6) is 0 Å². The highest BCUT2D eigenvalue weighted by Gasteiger charge is 2.15. The lowest BCUT2D eigenvalue weighted by Crippen LogP contribution is -2.17. The SMILES string of the molecule is CCOC(=O)c1nc(CN(C)Cc2cc3ccccc3o2)ns1. The number of carbonyl (C=O) groups is 1. The molecule has 0 spiro atoms. The third-order valence-corrected chi connectivity index (χ3v) is 3.96. The summed E-state index contributed by atoms with van der Waals surface area (Å²) in [6, 6.07) is 9.95. The van der Waals surface area contributed by atoms with Crippen molar-refractivity contribution in [2.45, 2.75) is 20.0 Å². The van der Waals surface area contributed by atoms with Gasteiger partial charge in [0.2, 0.25) is 5.01 Å². The van der Waals surface area contributed by atoms with Gasteiger partial charge in [-0.15, -0.1) is 0 Å². The number of rotatable bonds is 6. The smallest absolute Gasteiger partial charge is 0.369 e. The van der Waals surface area contributed by atoms with Crippen LogP contribution in [-0.2, 0) is 17.8 Å². The number of ether oxygens (including phenoxy) is 1. The number of furan rings is 1. The normalized spacial score (nSPS) is 11.3. The van der Waals surface area contributed by atoms with E-state index < -0.39 is 5.97 Å². The average molecular weight is 331 g/mol. The summed E-state index contributed by atoms with van der Waals surface area (Å²) in [4.78, 5) is 17.8. The maximum Gasteiger partial charge on any atom is 0.369 e. The van der Waals surface area contributed by atoms with E-state index in [2.05, 4.69) is 9.36 Å². The Morgan fingerprint density at radius 1 is 1.35 bits per heavy atom. The van der Waals surface area contributed by atoms with Crippen LogP contribution in [0.3, 0.4) is 0 Å². The first-order chi connectivity index (χ1) is 11.2. The summed E-state index contributed by atoms with van der Waals surface area (Å²) in [5.41, 5.74) is 0.882. The molecule has 3 aromatic rings. The quantitative estimate of drug-likeness (QED) is 0.647. The third-order valence-electron chi connectivity index (χ3n) is 3.23. The number of hydrogen-bond donors (Lipinski definition) is 0. The van der Waals surface area contributed by atoms with Gasteiger partial charge in [0.1, 0.15) is 11.3 Å². The molecule has 0 radical (unpaired) electrons. The zero-order chi connectivity index (χ0) is 16.2. The van der Waals surface area contributed by atoms with Crippen molar-refractivity contribution in [3.63, 3.8) is 0 Å². The molecule has 1 aromatic carbocycles. The molecule has 0 atom stereocenters. The Morgan fingerprint density at radius 2 is 2.17 bits per heavy atom. The van der Waals surface area contributed by atoms with E-state index >= 15 is 0 Å². The molecule has 0 bridgehead atoms. The highest BCUT2D eigenvalue weighted by Crippen LogP contribution is 2.20. The Bertz CT molecular complexity index is 779. The molecule has 0 fully saturated rings. The van der Waals surface area contributed by atoms with Gasteiger partial charge in [-0.05, 0) is 37.6 Å². The maximum atomic E-state index is 11.6. The van der Waals surface area contributed by atoms with Gasteiger partial charge in [-0.3, -0.25) is 4.90 Å². The van der Waals surface area contributed by atoms with Crippen molar-refractivity contribution in [3.8, 4) is 0 Å². The molecular formula is C16H17N3O3S. The molecule has 6 nitrogen and oxygen atoms in total. The zero-order valence-corrected chi connectivity index (χ0v) is 13.8. The van der Waals surface area contributed by atoms with Crippen LogP contribution in [0.2, 0.25) is 0 Å². The van der Waals surface area contributed by atoms with E-state index in [9.17, 15) is 4.79 Å². The third kappa shape index (κ3) is 3.75. The van der Waals surface area contributed by atoms with E-state index in [4.69, 9.17) is 9.15 Å². The van der Waals surface area contributed by atoms with Crippen LogP contribution >= 0.6 is 11.5 Å². The summed E-state index contributed by atoms with van der Waals surface area (Å²) >= 11 is 1.06. The Hall–Kier alpha value is -2.25. The minimum atomic E-state index is -0.420. The van der Waals surface area contributed by atoms with Crippen molar-refractivity contribution in [2.75, 3.05) is 13.7 Å². The van der Waals surface area contributed by atoms with Gasteiger partial charge in [-0.25, -0.2) is 9.78 Å². The van der Waals surface area contributed by atoms with Crippen LogP contribution in [0.1, 0.15) is 28.3 Å². The molecule has 7 heteroatoms. The fourth-order valence-corrected chi connectivity index (χ4v) is 2.84. The van der Waals surface area contributed by atoms with Crippen LogP contribution in [0.4, 0.5) is 0 Å². The fraction of sp³-hybridized carbons (Fsp3) is 0.312. The van der Waals surface area contributed by atoms with Crippen LogP contribution < -0.4 is 0 Å². The van der Waals surface area contributed by atoms with Crippen molar-refractivity contribution >= 4 is 28.5 Å². The van der Waals surface area contributed by atoms with Crippen molar-refractivity contribution in [2.24, 2.45) is 0 Å². The monoisotopic (exact) mass is 331 g/mol. The number of aromatic nitrogens is 2. The summed E-state index contributed by atoms with van der Waals surface area (Å²) in [6.45, 7) is 3.27. The first-order valence-electron chi connectivity index (χ1n) is 7.31. The first kappa shape index (κ1) is 15.6. The topological polar surface area (TPSA) is 68.5 Å². The molecule has 0 aliphatic carbocycles. The second-order valence-electron chi connectivity index (χ2n) is 5.16. The van der Waals surface area contributed by atoms with Crippen LogP contribution in [-0.4, -0.2) is 33.9 Å². The molecule has 0 unspecified atom stereocenters. The average Bonchev–Trinajstić information content (AvgIpc) is 3.13. The molecule has 0 saturated heterocycles. The van der Waals surface area contributed by atoms with E-state index in [0.29, 0.717) is 30.5 Å². The van der Waals surface area contributed by atoms with Gasteiger partial charge < -0.3 is 9.15 Å². The van der Waals surface area contributed by atoms with E-state index in [0.717, 1.165) is 28.3 Å². The summed E-state index contributed by atoms with van der Waals surface area (Å²) < 4.78 is 14.9. The molecular weight excluding hydrogens is 314 g/mol. The second kappa shape index (κ2) is 6.89. The van der Waals surface area contributed by atoms with Gasteiger partial charge in [0, 0.05) is 5.39 Å². The predicted molar refractivity (Wildman–Crippen MR) is 87.3 cm³/mol. The van der Waals surface area contributed by atoms with Crippen molar-refractivity contribution in [1.82, 2.24) is 14.3 Å². The van der Waals surface area contributed by atoms with E-state index in [-0.39, 0.29) is 0 Å². The van der Waals surface area contributed by atoms with Gasteiger partial charge in [0.25, 0.3) is 0 Å². The highest BCUT2D eigenvalue weighted by molar-refractivity contribution is 7.07. The van der Waals surface area contributed by atoms with Gasteiger partial charge >= 0.3 is 5.97 Å². The molecule has 0 N–H and O–H groups in total. The molecule has 0 saturated carbocycles. The van der Waals surface area contributed by atoms with Gasteiger partial charge in [-0.2, -0.15) is 4.37 Å². The molecule has 0 aliphatic heterocycles. The van der Waals surface area contributed by atoms with Gasteiger partial charge in [0.15, 0.2) is 5.82 Å². The fourth-order valence-electron chi connectivity index (χ4n) is 2.27. The van der Waals surface area contributed by atoms with Gasteiger partial charge in [0.05, 0.1) is 19.7 Å². The largest absolute Gasteiger partial charge is 0.461 e.